The molecule has 0 saturated heterocycles. The minimum absolute atomic E-state index is 0.135. The molecule has 104 valence electrons. The van der Waals surface area contributed by atoms with E-state index in [1.165, 1.54) is 22.5 Å². The molecule has 2 N–H and O–H groups in total. The number of nitrogens with zero attached hydrogens (tertiary/aromatic N) is 2. The van der Waals surface area contributed by atoms with Gasteiger partial charge in [0, 0.05) is 12.6 Å². The second-order valence-corrected chi connectivity index (χ2v) is 5.77. The predicted octanol–water partition coefficient (Wildman–Crippen LogP) is 1.87. The molecule has 0 bridgehead atoms. The van der Waals surface area contributed by atoms with Crippen LogP contribution in [0, 0.1) is 0 Å². The second kappa shape index (κ2) is 5.58. The lowest BCUT2D eigenvalue weighted by Gasteiger charge is -2.09. The van der Waals surface area contributed by atoms with Gasteiger partial charge in [-0.2, -0.15) is 0 Å². The Hall–Kier alpha value is -1.95. The topological polar surface area (TPSA) is 66.9 Å². The Morgan fingerprint density at radius 1 is 1.30 bits per heavy atom. The highest BCUT2D eigenvalue weighted by atomic mass is 32.1. The molecule has 1 aliphatic carbocycles. The van der Waals surface area contributed by atoms with Crippen LogP contribution in [0.1, 0.15) is 27.9 Å². The van der Waals surface area contributed by atoms with Crippen molar-refractivity contribution in [2.24, 2.45) is 0 Å². The zero-order chi connectivity index (χ0) is 13.9. The third-order valence-electron chi connectivity index (χ3n) is 3.33. The van der Waals surface area contributed by atoms with Crippen LogP contribution in [0.4, 0.5) is 5.13 Å². The number of hydrogen-bond acceptors (Lipinski definition) is 5. The van der Waals surface area contributed by atoms with Crippen LogP contribution in [0.15, 0.2) is 24.3 Å². The molecule has 6 heteroatoms. The summed E-state index contributed by atoms with van der Waals surface area (Å²) in [5, 5.41) is 15.1. The maximum Gasteiger partial charge on any atom is 0.282 e. The standard InChI is InChI=1S/C14H16N4OS/c1-2-15-14-18-17-13(20-14)12(19)16-11-7-9-5-3-4-6-10(9)8-11/h3-6,11H,2,7-8H2,1H3,(H,15,18)(H,16,19). The van der Waals surface area contributed by atoms with Crippen molar-refractivity contribution in [3.8, 4) is 0 Å². The van der Waals surface area contributed by atoms with Crippen molar-refractivity contribution in [2.75, 3.05) is 11.9 Å². The van der Waals surface area contributed by atoms with Gasteiger partial charge in [0.1, 0.15) is 0 Å². The van der Waals surface area contributed by atoms with Gasteiger partial charge in [0.05, 0.1) is 0 Å². The molecular weight excluding hydrogens is 272 g/mol. The first-order valence-electron chi connectivity index (χ1n) is 6.71. The summed E-state index contributed by atoms with van der Waals surface area (Å²) in [5.41, 5.74) is 2.65. The van der Waals surface area contributed by atoms with Crippen molar-refractivity contribution in [2.45, 2.75) is 25.8 Å². The first-order chi connectivity index (χ1) is 9.76. The maximum atomic E-state index is 12.1. The van der Waals surface area contributed by atoms with Gasteiger partial charge in [0.25, 0.3) is 5.91 Å². The number of benzene rings is 1. The quantitative estimate of drug-likeness (QED) is 0.901. The third-order valence-corrected chi connectivity index (χ3v) is 4.21. The van der Waals surface area contributed by atoms with Gasteiger partial charge in [-0.25, -0.2) is 0 Å². The summed E-state index contributed by atoms with van der Waals surface area (Å²) in [4.78, 5) is 12.1. The molecule has 0 fully saturated rings. The minimum Gasteiger partial charge on any atom is -0.360 e. The average Bonchev–Trinajstić information content (AvgIpc) is 3.04. The Bertz CT molecular complexity index is 600. The van der Waals surface area contributed by atoms with Crippen LogP contribution in [-0.4, -0.2) is 28.7 Å². The highest BCUT2D eigenvalue weighted by molar-refractivity contribution is 7.17. The lowest BCUT2D eigenvalue weighted by molar-refractivity contribution is 0.0937. The van der Waals surface area contributed by atoms with Gasteiger partial charge in [0.15, 0.2) is 0 Å². The van der Waals surface area contributed by atoms with E-state index in [4.69, 9.17) is 0 Å². The predicted molar refractivity (Wildman–Crippen MR) is 79.2 cm³/mol. The third kappa shape index (κ3) is 2.65. The molecule has 0 unspecified atom stereocenters. The minimum atomic E-state index is -0.135. The number of aromatic nitrogens is 2. The summed E-state index contributed by atoms with van der Waals surface area (Å²) < 4.78 is 0. The number of carbonyl (C=O) groups excluding carboxylic acids is 1. The first kappa shape index (κ1) is 13.1. The number of hydrogen-bond donors (Lipinski definition) is 2. The van der Waals surface area contributed by atoms with E-state index in [-0.39, 0.29) is 11.9 Å². The second-order valence-electron chi connectivity index (χ2n) is 4.79. The summed E-state index contributed by atoms with van der Waals surface area (Å²) in [6, 6.07) is 8.48. The van der Waals surface area contributed by atoms with Crippen molar-refractivity contribution < 1.29 is 4.79 Å². The van der Waals surface area contributed by atoms with Crippen LogP contribution in [0.25, 0.3) is 0 Å². The summed E-state index contributed by atoms with van der Waals surface area (Å²) in [6.45, 7) is 2.76. The molecule has 0 atom stereocenters. The fourth-order valence-corrected chi connectivity index (χ4v) is 3.16. The number of carbonyl (C=O) groups is 1. The summed E-state index contributed by atoms with van der Waals surface area (Å²) in [6.07, 6.45) is 1.78. The molecule has 1 aromatic carbocycles. The van der Waals surface area contributed by atoms with Crippen LogP contribution >= 0.6 is 11.3 Å². The van der Waals surface area contributed by atoms with E-state index in [1.54, 1.807) is 0 Å². The number of anilines is 1. The molecule has 1 aliphatic rings. The highest BCUT2D eigenvalue weighted by Crippen LogP contribution is 2.22. The van der Waals surface area contributed by atoms with E-state index in [1.807, 2.05) is 19.1 Å². The molecule has 0 spiro atoms. The Morgan fingerprint density at radius 2 is 2.00 bits per heavy atom. The fraction of sp³-hybridized carbons (Fsp3) is 0.357. The summed E-state index contributed by atoms with van der Waals surface area (Å²) in [5.74, 6) is -0.135. The van der Waals surface area contributed by atoms with Gasteiger partial charge >= 0.3 is 0 Å². The molecule has 5 nitrogen and oxygen atoms in total. The van der Waals surface area contributed by atoms with Crippen molar-refractivity contribution in [3.05, 3.63) is 40.4 Å². The number of fused-ring (bicyclic) bond motifs is 1. The average molecular weight is 288 g/mol. The van der Waals surface area contributed by atoms with Crippen molar-refractivity contribution in [1.29, 1.82) is 0 Å². The van der Waals surface area contributed by atoms with Gasteiger partial charge in [0.2, 0.25) is 10.1 Å². The van der Waals surface area contributed by atoms with Crippen LogP contribution in [0.5, 0.6) is 0 Å². The molecule has 1 amide bonds. The van der Waals surface area contributed by atoms with Crippen molar-refractivity contribution in [1.82, 2.24) is 15.5 Å². The molecular formula is C14H16N4OS. The van der Waals surface area contributed by atoms with E-state index in [0.717, 1.165) is 19.4 Å². The van der Waals surface area contributed by atoms with Crippen LogP contribution in [-0.2, 0) is 12.8 Å². The van der Waals surface area contributed by atoms with Gasteiger partial charge in [-0.15, -0.1) is 10.2 Å². The largest absolute Gasteiger partial charge is 0.360 e. The molecule has 2 aromatic rings. The fourth-order valence-electron chi connectivity index (χ4n) is 2.45. The van der Waals surface area contributed by atoms with Crippen LogP contribution < -0.4 is 10.6 Å². The van der Waals surface area contributed by atoms with E-state index in [9.17, 15) is 4.79 Å². The van der Waals surface area contributed by atoms with E-state index < -0.39 is 0 Å². The Morgan fingerprint density at radius 3 is 2.65 bits per heavy atom. The van der Waals surface area contributed by atoms with Crippen LogP contribution in [0.3, 0.4) is 0 Å². The smallest absolute Gasteiger partial charge is 0.282 e. The Balaban J connectivity index is 1.62. The molecule has 1 aromatic heterocycles. The summed E-state index contributed by atoms with van der Waals surface area (Å²) in [7, 11) is 0. The molecule has 0 radical (unpaired) electrons. The van der Waals surface area contributed by atoms with E-state index in [0.29, 0.717) is 10.1 Å². The van der Waals surface area contributed by atoms with Crippen molar-refractivity contribution in [3.63, 3.8) is 0 Å². The highest BCUT2D eigenvalue weighted by Gasteiger charge is 2.24. The zero-order valence-electron chi connectivity index (χ0n) is 11.2. The summed E-state index contributed by atoms with van der Waals surface area (Å²) >= 11 is 1.29. The molecule has 20 heavy (non-hydrogen) atoms. The Labute approximate surface area is 121 Å². The normalized spacial score (nSPS) is 14.1. The van der Waals surface area contributed by atoms with Gasteiger partial charge in [-0.05, 0) is 30.9 Å². The lowest BCUT2D eigenvalue weighted by atomic mass is 10.1. The number of amides is 1. The molecule has 3 rings (SSSR count). The van der Waals surface area contributed by atoms with Gasteiger partial charge in [-0.3, -0.25) is 4.79 Å². The molecule has 1 heterocycles. The monoisotopic (exact) mass is 288 g/mol. The van der Waals surface area contributed by atoms with Gasteiger partial charge < -0.3 is 10.6 Å². The van der Waals surface area contributed by atoms with Gasteiger partial charge in [-0.1, -0.05) is 35.6 Å². The molecule has 0 saturated carbocycles. The molecule has 0 aliphatic heterocycles. The number of rotatable bonds is 4. The van der Waals surface area contributed by atoms with E-state index >= 15 is 0 Å². The van der Waals surface area contributed by atoms with Crippen LogP contribution in [0.2, 0.25) is 0 Å². The zero-order valence-corrected chi connectivity index (χ0v) is 12.0. The first-order valence-corrected chi connectivity index (χ1v) is 7.53. The lowest BCUT2D eigenvalue weighted by Crippen LogP contribution is -2.35. The van der Waals surface area contributed by atoms with Crippen molar-refractivity contribution >= 4 is 22.4 Å². The number of nitrogens with one attached hydrogen (secondary N) is 2. The van der Waals surface area contributed by atoms with E-state index in [2.05, 4.69) is 33.0 Å². The maximum absolute atomic E-state index is 12.1. The SMILES string of the molecule is CCNc1nnc(C(=O)NC2Cc3ccccc3C2)s1. The Kier molecular flexibility index (Phi) is 3.64.